The lowest BCUT2D eigenvalue weighted by Gasteiger charge is -2.16. The lowest BCUT2D eigenvalue weighted by atomic mass is 10.2. The molecule has 1 saturated heterocycles. The van der Waals surface area contributed by atoms with Crippen LogP contribution in [0.5, 0.6) is 0 Å². The Balaban J connectivity index is 2.38. The number of hydrogen-bond donors (Lipinski definition) is 1. The number of carbonyl (C=O) groups is 2. The number of hydrogen-bond acceptors (Lipinski definition) is 2. The normalized spacial score (nSPS) is 27.0. The van der Waals surface area contributed by atoms with Gasteiger partial charge in [-0.1, -0.05) is 11.6 Å². The first-order chi connectivity index (χ1) is 6.11. The third kappa shape index (κ3) is 1.13. The van der Waals surface area contributed by atoms with Gasteiger partial charge < -0.3 is 10.0 Å². The minimum absolute atomic E-state index is 0.00824. The number of carboxylic acid groups (broad SMARTS) is 1. The van der Waals surface area contributed by atoms with Crippen molar-refractivity contribution in [3.05, 3.63) is 10.7 Å². The fourth-order valence-corrected chi connectivity index (χ4v) is 2.25. The summed E-state index contributed by atoms with van der Waals surface area (Å²) in [5.74, 6) is -1.24. The molecule has 0 radical (unpaired) electrons. The molecule has 1 fully saturated rings. The first-order valence-corrected chi connectivity index (χ1v) is 4.43. The number of carboxylic acids is 1. The smallest absolute Gasteiger partial charge is 0.353 e. The summed E-state index contributed by atoms with van der Waals surface area (Å²) in [7, 11) is 0. The van der Waals surface area contributed by atoms with Crippen LogP contribution in [0.25, 0.3) is 0 Å². The predicted octanol–water partition coefficient (Wildman–Crippen LogP) is 0.916. The molecule has 1 atom stereocenters. The Hall–Kier alpha value is -1.03. The van der Waals surface area contributed by atoms with Crippen molar-refractivity contribution < 1.29 is 14.7 Å². The molecule has 0 aromatic rings. The number of rotatable bonds is 1. The molecule has 0 aromatic carbocycles. The van der Waals surface area contributed by atoms with E-state index in [1.165, 1.54) is 4.90 Å². The second-order valence-corrected chi connectivity index (χ2v) is 3.68. The molecule has 0 aromatic heterocycles. The maximum atomic E-state index is 11.3. The van der Waals surface area contributed by atoms with Crippen molar-refractivity contribution in [2.24, 2.45) is 0 Å². The molecule has 0 saturated carbocycles. The molecule has 1 amide bonds. The lowest BCUT2D eigenvalue weighted by Crippen LogP contribution is -2.30. The van der Waals surface area contributed by atoms with Gasteiger partial charge in [0.15, 0.2) is 0 Å². The number of aliphatic carboxylic acids is 1. The Morgan fingerprint density at radius 2 is 2.31 bits per heavy atom. The Bertz CT molecular complexity index is 323. The van der Waals surface area contributed by atoms with E-state index in [1.54, 1.807) is 0 Å². The van der Waals surface area contributed by atoms with Crippen LogP contribution in [0, 0.1) is 0 Å². The van der Waals surface area contributed by atoms with Crippen LogP contribution in [0.1, 0.15) is 19.3 Å². The Kier molecular flexibility index (Phi) is 1.80. The zero-order valence-electron chi connectivity index (χ0n) is 6.79. The summed E-state index contributed by atoms with van der Waals surface area (Å²) in [5.41, 5.74) is -0.0193. The molecule has 0 spiro atoms. The van der Waals surface area contributed by atoms with Gasteiger partial charge in [0.25, 0.3) is 0 Å². The zero-order valence-corrected chi connectivity index (χ0v) is 7.54. The summed E-state index contributed by atoms with van der Waals surface area (Å²) < 4.78 is 0. The topological polar surface area (TPSA) is 57.6 Å². The number of amides is 1. The third-order valence-electron chi connectivity index (χ3n) is 2.44. The SMILES string of the molecule is O=C(O)C1=C(Cl)CC2CCC(=O)N12. The maximum absolute atomic E-state index is 11.3. The number of fused-ring (bicyclic) bond motifs is 1. The number of nitrogens with zero attached hydrogens (tertiary/aromatic N) is 1. The van der Waals surface area contributed by atoms with E-state index < -0.39 is 5.97 Å². The summed E-state index contributed by atoms with van der Waals surface area (Å²) in [6.07, 6.45) is 1.65. The summed E-state index contributed by atoms with van der Waals surface area (Å²) in [5, 5.41) is 9.11. The second-order valence-electron chi connectivity index (χ2n) is 3.22. The van der Waals surface area contributed by atoms with Gasteiger partial charge in [0, 0.05) is 18.9 Å². The Morgan fingerprint density at radius 1 is 1.62 bits per heavy atom. The molecule has 2 heterocycles. The van der Waals surface area contributed by atoms with Crippen molar-refractivity contribution in [3.8, 4) is 0 Å². The molecule has 0 aliphatic carbocycles. The highest BCUT2D eigenvalue weighted by Gasteiger charge is 2.42. The Morgan fingerprint density at radius 3 is 2.92 bits per heavy atom. The first-order valence-electron chi connectivity index (χ1n) is 4.05. The molecule has 2 rings (SSSR count). The van der Waals surface area contributed by atoms with Crippen molar-refractivity contribution in [3.63, 3.8) is 0 Å². The fraction of sp³-hybridized carbons (Fsp3) is 0.500. The van der Waals surface area contributed by atoms with Crippen LogP contribution in [0.3, 0.4) is 0 Å². The van der Waals surface area contributed by atoms with Crippen molar-refractivity contribution in [2.45, 2.75) is 25.3 Å². The molecule has 5 heteroatoms. The van der Waals surface area contributed by atoms with Crippen LogP contribution in [0.4, 0.5) is 0 Å². The second kappa shape index (κ2) is 2.73. The van der Waals surface area contributed by atoms with Crippen molar-refractivity contribution in [1.82, 2.24) is 4.90 Å². The Labute approximate surface area is 79.8 Å². The van der Waals surface area contributed by atoms with Gasteiger partial charge in [-0.3, -0.25) is 4.79 Å². The highest BCUT2D eigenvalue weighted by Crippen LogP contribution is 2.38. The monoisotopic (exact) mass is 201 g/mol. The van der Waals surface area contributed by atoms with Crippen LogP contribution in [0.2, 0.25) is 0 Å². The van der Waals surface area contributed by atoms with Crippen molar-refractivity contribution >= 4 is 23.5 Å². The van der Waals surface area contributed by atoms with E-state index in [9.17, 15) is 9.59 Å². The highest BCUT2D eigenvalue weighted by atomic mass is 35.5. The average Bonchev–Trinajstić information content (AvgIpc) is 2.51. The van der Waals surface area contributed by atoms with Crippen LogP contribution in [-0.2, 0) is 9.59 Å². The molecule has 4 nitrogen and oxygen atoms in total. The predicted molar refractivity (Wildman–Crippen MR) is 45.0 cm³/mol. The average molecular weight is 202 g/mol. The molecular weight excluding hydrogens is 194 g/mol. The molecule has 0 bridgehead atoms. The summed E-state index contributed by atoms with van der Waals surface area (Å²) in [4.78, 5) is 23.4. The van der Waals surface area contributed by atoms with Crippen LogP contribution >= 0.6 is 11.6 Å². The van der Waals surface area contributed by atoms with E-state index in [1.807, 2.05) is 0 Å². The minimum Gasteiger partial charge on any atom is -0.477 e. The molecule has 1 N–H and O–H groups in total. The van der Waals surface area contributed by atoms with Crippen LogP contribution < -0.4 is 0 Å². The van der Waals surface area contributed by atoms with E-state index in [0.717, 1.165) is 0 Å². The zero-order chi connectivity index (χ0) is 9.59. The van der Waals surface area contributed by atoms with Gasteiger partial charge in [-0.05, 0) is 6.42 Å². The molecule has 1 unspecified atom stereocenters. The summed E-state index contributed by atoms with van der Waals surface area (Å²) >= 11 is 5.75. The van der Waals surface area contributed by atoms with Gasteiger partial charge in [0.05, 0.1) is 5.03 Å². The maximum Gasteiger partial charge on any atom is 0.353 e. The van der Waals surface area contributed by atoms with Gasteiger partial charge in [-0.2, -0.15) is 0 Å². The van der Waals surface area contributed by atoms with E-state index in [0.29, 0.717) is 24.3 Å². The molecule has 13 heavy (non-hydrogen) atoms. The quantitative estimate of drug-likeness (QED) is 0.686. The van der Waals surface area contributed by atoms with Crippen LogP contribution in [0.15, 0.2) is 10.7 Å². The molecule has 2 aliphatic rings. The van der Waals surface area contributed by atoms with Gasteiger partial charge >= 0.3 is 5.97 Å². The number of halogens is 1. The van der Waals surface area contributed by atoms with Gasteiger partial charge in [-0.15, -0.1) is 0 Å². The van der Waals surface area contributed by atoms with Gasteiger partial charge in [0.2, 0.25) is 5.91 Å². The van der Waals surface area contributed by atoms with Gasteiger partial charge in [0.1, 0.15) is 5.70 Å². The largest absolute Gasteiger partial charge is 0.477 e. The van der Waals surface area contributed by atoms with Crippen LogP contribution in [-0.4, -0.2) is 27.9 Å². The standard InChI is InChI=1S/C8H8ClNO3/c9-5-3-4-1-2-6(11)10(4)7(5)8(12)13/h4H,1-3H2,(H,12,13). The minimum atomic E-state index is -1.11. The fourth-order valence-electron chi connectivity index (χ4n) is 1.90. The van der Waals surface area contributed by atoms with E-state index >= 15 is 0 Å². The van der Waals surface area contributed by atoms with E-state index in [2.05, 4.69) is 0 Å². The molecule has 2 aliphatic heterocycles. The summed E-state index contributed by atoms with van der Waals surface area (Å²) in [6.45, 7) is 0. The van der Waals surface area contributed by atoms with Gasteiger partial charge in [-0.25, -0.2) is 4.79 Å². The lowest BCUT2D eigenvalue weighted by molar-refractivity contribution is -0.138. The first kappa shape index (κ1) is 8.56. The van der Waals surface area contributed by atoms with E-state index in [4.69, 9.17) is 16.7 Å². The highest BCUT2D eigenvalue weighted by molar-refractivity contribution is 6.32. The van der Waals surface area contributed by atoms with E-state index in [-0.39, 0.29) is 17.6 Å². The van der Waals surface area contributed by atoms with Crippen molar-refractivity contribution in [1.29, 1.82) is 0 Å². The number of carbonyl (C=O) groups excluding carboxylic acids is 1. The molecular formula is C8H8ClNO3. The van der Waals surface area contributed by atoms with Crippen molar-refractivity contribution in [2.75, 3.05) is 0 Å². The third-order valence-corrected chi connectivity index (χ3v) is 2.77. The summed E-state index contributed by atoms with van der Waals surface area (Å²) in [6, 6.07) is -0.00824. The molecule has 70 valence electrons.